The fraction of sp³-hybridized carbons (Fsp3) is 0.500. The third-order valence-electron chi connectivity index (χ3n) is 6.84. The van der Waals surface area contributed by atoms with Crippen LogP contribution in [-0.4, -0.2) is 31.3 Å². The van der Waals surface area contributed by atoms with Gasteiger partial charge in [-0.25, -0.2) is 4.39 Å². The van der Waals surface area contributed by atoms with Crippen molar-refractivity contribution in [1.29, 1.82) is 0 Å². The van der Waals surface area contributed by atoms with Crippen LogP contribution in [0, 0.1) is 17.7 Å². The van der Waals surface area contributed by atoms with E-state index in [1.807, 2.05) is 0 Å². The molecule has 0 aromatic heterocycles. The van der Waals surface area contributed by atoms with E-state index in [0.717, 1.165) is 12.1 Å². The molecule has 0 bridgehead atoms. The zero-order valence-electron chi connectivity index (χ0n) is 21.9. The highest BCUT2D eigenvalue weighted by atomic mass is 19.4. The Morgan fingerprint density at radius 1 is 0.850 bits per heavy atom. The number of hydrogen-bond acceptors (Lipinski definition) is 5. The van der Waals surface area contributed by atoms with E-state index in [-0.39, 0.29) is 37.7 Å². The first-order valence-electron chi connectivity index (χ1n) is 12.7. The maximum absolute atomic E-state index is 13.8. The highest BCUT2D eigenvalue weighted by molar-refractivity contribution is 5.83. The lowest BCUT2D eigenvalue weighted by Gasteiger charge is -2.41. The van der Waals surface area contributed by atoms with Gasteiger partial charge in [-0.2, -0.15) is 26.3 Å². The number of benzene rings is 2. The first-order valence-corrected chi connectivity index (χ1v) is 12.7. The van der Waals surface area contributed by atoms with Crippen LogP contribution in [0.3, 0.4) is 0 Å². The van der Waals surface area contributed by atoms with Gasteiger partial charge in [0.25, 0.3) is 0 Å². The molecule has 0 unspecified atom stereocenters. The Kier molecular flexibility index (Phi) is 9.86. The van der Waals surface area contributed by atoms with Gasteiger partial charge in [0, 0.05) is 5.92 Å². The molecule has 0 aliphatic heterocycles. The quantitative estimate of drug-likeness (QED) is 0.244. The van der Waals surface area contributed by atoms with Gasteiger partial charge >= 0.3 is 24.3 Å². The molecule has 1 aliphatic carbocycles. The zero-order chi connectivity index (χ0) is 29.8. The summed E-state index contributed by atoms with van der Waals surface area (Å²) in [6.07, 6.45) is -12.1. The van der Waals surface area contributed by atoms with Gasteiger partial charge in [0.15, 0.2) is 0 Å². The third kappa shape index (κ3) is 7.32. The van der Waals surface area contributed by atoms with E-state index in [1.54, 1.807) is 13.8 Å². The van der Waals surface area contributed by atoms with E-state index in [9.17, 15) is 40.3 Å². The summed E-state index contributed by atoms with van der Waals surface area (Å²) in [6.45, 7) is 4.48. The van der Waals surface area contributed by atoms with Crippen LogP contribution in [0.25, 0.3) is 0 Å². The zero-order valence-corrected chi connectivity index (χ0v) is 21.9. The predicted molar refractivity (Wildman–Crippen MR) is 128 cm³/mol. The Hall–Kier alpha value is -3.15. The van der Waals surface area contributed by atoms with E-state index in [4.69, 9.17) is 14.2 Å². The second kappa shape index (κ2) is 12.6. The fourth-order valence-corrected chi connectivity index (χ4v) is 5.06. The Labute approximate surface area is 226 Å². The lowest BCUT2D eigenvalue weighted by Crippen LogP contribution is -2.46. The number of carbonyl (C=O) groups excluding carboxylic acids is 2. The highest BCUT2D eigenvalue weighted by Crippen LogP contribution is 2.46. The monoisotopic (exact) mass is 578 g/mol. The van der Waals surface area contributed by atoms with E-state index >= 15 is 0 Å². The van der Waals surface area contributed by atoms with Crippen molar-refractivity contribution < 1.29 is 54.5 Å². The Morgan fingerprint density at radius 2 is 1.38 bits per heavy atom. The molecule has 5 nitrogen and oxygen atoms in total. The van der Waals surface area contributed by atoms with Gasteiger partial charge < -0.3 is 14.2 Å². The van der Waals surface area contributed by atoms with E-state index in [0.29, 0.717) is 17.7 Å². The molecule has 1 fully saturated rings. The molecule has 2 aromatic rings. The number of ether oxygens (including phenoxy) is 3. The second-order valence-corrected chi connectivity index (χ2v) is 9.45. The van der Waals surface area contributed by atoms with Crippen LogP contribution in [0.1, 0.15) is 67.9 Å². The maximum atomic E-state index is 13.8. The SMILES string of the molecule is CCOC(=O)[C@H]1[C@H](c2ccc(F)cc2)[C@@H](O[C@H](C)c2cc(C(F)(F)F)cc(C(F)(F)F)c2)CC[C@@H]1C(=O)OCC. The fourth-order valence-electron chi connectivity index (χ4n) is 5.06. The summed E-state index contributed by atoms with van der Waals surface area (Å²) in [5.41, 5.74) is -2.97. The third-order valence-corrected chi connectivity index (χ3v) is 6.84. The summed E-state index contributed by atoms with van der Waals surface area (Å²) in [5, 5.41) is 0. The summed E-state index contributed by atoms with van der Waals surface area (Å²) in [5.74, 6) is -5.07. The molecule has 220 valence electrons. The minimum atomic E-state index is -5.04. The predicted octanol–water partition coefficient (Wildman–Crippen LogP) is 7.25. The molecule has 1 saturated carbocycles. The molecular formula is C28H29F7O5. The van der Waals surface area contributed by atoms with Crippen molar-refractivity contribution >= 4 is 11.9 Å². The Bertz CT molecular complexity index is 1140. The minimum Gasteiger partial charge on any atom is -0.466 e. The molecule has 0 saturated heterocycles. The molecule has 0 spiro atoms. The number of hydrogen-bond donors (Lipinski definition) is 0. The maximum Gasteiger partial charge on any atom is 0.416 e. The Morgan fingerprint density at radius 3 is 1.88 bits per heavy atom. The molecule has 0 amide bonds. The summed E-state index contributed by atoms with van der Waals surface area (Å²) >= 11 is 0. The van der Waals surface area contributed by atoms with Gasteiger partial charge in [-0.05, 0) is 75.1 Å². The van der Waals surface area contributed by atoms with Crippen molar-refractivity contribution in [2.24, 2.45) is 11.8 Å². The molecule has 12 heteroatoms. The van der Waals surface area contributed by atoms with Crippen LogP contribution in [-0.2, 0) is 36.2 Å². The molecule has 40 heavy (non-hydrogen) atoms. The number of carbonyl (C=O) groups is 2. The number of alkyl halides is 6. The lowest BCUT2D eigenvalue weighted by atomic mass is 9.67. The number of esters is 2. The normalized spacial score (nSPS) is 22.4. The summed E-state index contributed by atoms with van der Waals surface area (Å²) in [7, 11) is 0. The molecule has 5 atom stereocenters. The smallest absolute Gasteiger partial charge is 0.416 e. The van der Waals surface area contributed by atoms with Crippen molar-refractivity contribution in [2.75, 3.05) is 13.2 Å². The topological polar surface area (TPSA) is 61.8 Å². The standard InChI is InChI=1S/C28H29F7O5/c1-4-38-25(36)21-10-11-22(23(24(21)26(37)39-5-2)16-6-8-20(29)9-7-16)40-15(3)17-12-18(27(30,31)32)14-19(13-17)28(33,34)35/h6-9,12-15,21-24H,4-5,10-11H2,1-3H3/t15-,21+,22+,23-,24-/m1/s1. The number of rotatable bonds is 8. The molecule has 0 radical (unpaired) electrons. The van der Waals surface area contributed by atoms with Gasteiger partial charge in [-0.3, -0.25) is 9.59 Å². The average molecular weight is 579 g/mol. The highest BCUT2D eigenvalue weighted by Gasteiger charge is 2.49. The van der Waals surface area contributed by atoms with Crippen molar-refractivity contribution in [3.05, 3.63) is 70.5 Å². The van der Waals surface area contributed by atoms with Crippen LogP contribution < -0.4 is 0 Å². The van der Waals surface area contributed by atoms with Crippen LogP contribution in [0.4, 0.5) is 30.7 Å². The number of halogens is 7. The van der Waals surface area contributed by atoms with Crippen LogP contribution in [0.15, 0.2) is 42.5 Å². The van der Waals surface area contributed by atoms with Gasteiger partial charge in [0.05, 0.1) is 48.4 Å². The first-order chi connectivity index (χ1) is 18.7. The van der Waals surface area contributed by atoms with E-state index < -0.39 is 71.2 Å². The Balaban J connectivity index is 2.07. The minimum absolute atomic E-state index is 0.0204. The van der Waals surface area contributed by atoms with E-state index in [1.165, 1.54) is 19.1 Å². The molecule has 1 aliphatic rings. The largest absolute Gasteiger partial charge is 0.466 e. The van der Waals surface area contributed by atoms with Gasteiger partial charge in [-0.1, -0.05) is 12.1 Å². The molecule has 0 heterocycles. The summed E-state index contributed by atoms with van der Waals surface area (Å²) in [4.78, 5) is 26.0. The summed E-state index contributed by atoms with van der Waals surface area (Å²) < 4.78 is 111. The van der Waals surface area contributed by atoms with Crippen molar-refractivity contribution in [2.45, 2.75) is 64.1 Å². The molecular weight excluding hydrogens is 549 g/mol. The molecule has 0 N–H and O–H groups in total. The van der Waals surface area contributed by atoms with Crippen LogP contribution >= 0.6 is 0 Å². The van der Waals surface area contributed by atoms with Gasteiger partial charge in [0.1, 0.15) is 5.82 Å². The average Bonchev–Trinajstić information content (AvgIpc) is 2.88. The van der Waals surface area contributed by atoms with Crippen LogP contribution in [0.5, 0.6) is 0 Å². The summed E-state index contributed by atoms with van der Waals surface area (Å²) in [6, 6.07) is 6.22. The molecule has 2 aromatic carbocycles. The lowest BCUT2D eigenvalue weighted by molar-refractivity contribution is -0.168. The van der Waals surface area contributed by atoms with E-state index in [2.05, 4.69) is 0 Å². The molecule has 3 rings (SSSR count). The van der Waals surface area contributed by atoms with Crippen molar-refractivity contribution in [1.82, 2.24) is 0 Å². The van der Waals surface area contributed by atoms with Crippen molar-refractivity contribution in [3.63, 3.8) is 0 Å². The second-order valence-electron chi connectivity index (χ2n) is 9.45. The first kappa shape index (κ1) is 31.4. The van der Waals surface area contributed by atoms with Gasteiger partial charge in [-0.15, -0.1) is 0 Å². The van der Waals surface area contributed by atoms with Gasteiger partial charge in [0.2, 0.25) is 0 Å². The van der Waals surface area contributed by atoms with Crippen LogP contribution in [0.2, 0.25) is 0 Å². The van der Waals surface area contributed by atoms with Crippen molar-refractivity contribution in [3.8, 4) is 0 Å².